The van der Waals surface area contributed by atoms with Gasteiger partial charge < -0.3 is 9.47 Å². The van der Waals surface area contributed by atoms with Crippen molar-refractivity contribution in [2.24, 2.45) is 0 Å². The summed E-state index contributed by atoms with van der Waals surface area (Å²) in [7, 11) is -3.95. The molecular weight excluding hydrogens is 493 g/mol. The van der Waals surface area contributed by atoms with Gasteiger partial charge in [-0.25, -0.2) is 8.42 Å². The Morgan fingerprint density at radius 1 is 1.00 bits per heavy atom. The first-order valence-corrected chi connectivity index (χ1v) is 13.2. The van der Waals surface area contributed by atoms with Crippen molar-refractivity contribution in [1.29, 1.82) is 0 Å². The number of amides is 1. The van der Waals surface area contributed by atoms with Gasteiger partial charge >= 0.3 is 0 Å². The third-order valence-electron chi connectivity index (χ3n) is 5.99. The maximum absolute atomic E-state index is 13.8. The van der Waals surface area contributed by atoms with Crippen molar-refractivity contribution in [3.8, 4) is 0 Å². The molecule has 2 heterocycles. The molecule has 4 rings (SSSR count). The Balaban J connectivity index is 1.71. The molecule has 9 heteroatoms. The van der Waals surface area contributed by atoms with E-state index >= 15 is 0 Å². The quantitative estimate of drug-likeness (QED) is 0.464. The molecule has 6 nitrogen and oxygen atoms in total. The summed E-state index contributed by atoms with van der Waals surface area (Å²) in [6.45, 7) is 6.10. The predicted molar refractivity (Wildman–Crippen MR) is 135 cm³/mol. The van der Waals surface area contributed by atoms with E-state index in [9.17, 15) is 13.2 Å². The fraction of sp³-hybridized carbons (Fsp3) is 0.320. The zero-order valence-electron chi connectivity index (χ0n) is 19.3. The van der Waals surface area contributed by atoms with Gasteiger partial charge in [-0.1, -0.05) is 41.4 Å². The number of hydrogen-bond acceptors (Lipinski definition) is 3. The molecule has 34 heavy (non-hydrogen) atoms. The highest BCUT2D eigenvalue weighted by atomic mass is 35.5. The van der Waals surface area contributed by atoms with Crippen LogP contribution >= 0.6 is 23.2 Å². The fourth-order valence-electron chi connectivity index (χ4n) is 4.31. The lowest BCUT2D eigenvalue weighted by atomic mass is 9.99. The van der Waals surface area contributed by atoms with E-state index in [0.29, 0.717) is 23.1 Å². The first-order chi connectivity index (χ1) is 16.0. The third kappa shape index (κ3) is 4.75. The number of sulfonamides is 1. The molecule has 1 amide bonds. The Labute approximate surface area is 210 Å². The largest absolute Gasteiger partial charge is 0.348 e. The van der Waals surface area contributed by atoms with Gasteiger partial charge in [0.2, 0.25) is 15.9 Å². The Bertz CT molecular complexity index is 1300. The molecule has 0 aliphatic carbocycles. The SMILES string of the molecule is CC(C)(C)N(CC(=O)N1CCn2cccc2C1c1ccccc1Cl)S(=O)(=O)c1ccc(Cl)cc1. The van der Waals surface area contributed by atoms with Crippen LogP contribution in [0.3, 0.4) is 0 Å². The summed E-state index contributed by atoms with van der Waals surface area (Å²) in [6, 6.07) is 16.9. The van der Waals surface area contributed by atoms with Gasteiger partial charge in [-0.2, -0.15) is 4.31 Å². The molecule has 1 aromatic heterocycles. The maximum atomic E-state index is 13.8. The number of halogens is 2. The van der Waals surface area contributed by atoms with Crippen LogP contribution in [-0.4, -0.2) is 46.7 Å². The minimum absolute atomic E-state index is 0.0924. The van der Waals surface area contributed by atoms with Crippen molar-refractivity contribution in [2.75, 3.05) is 13.1 Å². The Morgan fingerprint density at radius 3 is 2.32 bits per heavy atom. The Kier molecular flexibility index (Phi) is 6.84. The highest BCUT2D eigenvalue weighted by Gasteiger charge is 2.39. The van der Waals surface area contributed by atoms with Crippen molar-refractivity contribution in [3.63, 3.8) is 0 Å². The van der Waals surface area contributed by atoms with Crippen LogP contribution in [0.1, 0.15) is 38.1 Å². The standard InChI is InChI=1S/C25H27Cl2N3O3S/c1-25(2,3)30(34(32,33)19-12-10-18(26)11-13-19)17-23(31)29-16-15-28-14-6-9-22(28)24(29)20-7-4-5-8-21(20)27/h4-14,24H,15-17H2,1-3H3. The topological polar surface area (TPSA) is 62.6 Å². The van der Waals surface area contributed by atoms with E-state index in [2.05, 4.69) is 4.57 Å². The summed E-state index contributed by atoms with van der Waals surface area (Å²) in [6.07, 6.45) is 1.98. The van der Waals surface area contributed by atoms with Gasteiger partial charge in [0.1, 0.15) is 0 Å². The molecule has 0 spiro atoms. The molecule has 1 aliphatic heterocycles. The Morgan fingerprint density at radius 2 is 1.68 bits per heavy atom. The van der Waals surface area contributed by atoms with Crippen molar-refractivity contribution < 1.29 is 13.2 Å². The molecule has 1 aliphatic rings. The molecule has 0 radical (unpaired) electrons. The molecule has 0 fully saturated rings. The highest BCUT2D eigenvalue weighted by Crippen LogP contribution is 2.36. The van der Waals surface area contributed by atoms with Crippen LogP contribution in [0.5, 0.6) is 0 Å². The smallest absolute Gasteiger partial charge is 0.244 e. The monoisotopic (exact) mass is 519 g/mol. The molecule has 1 atom stereocenters. The molecule has 0 bridgehead atoms. The number of hydrogen-bond donors (Lipinski definition) is 0. The maximum Gasteiger partial charge on any atom is 0.244 e. The second-order valence-electron chi connectivity index (χ2n) is 9.27. The van der Waals surface area contributed by atoms with E-state index in [0.717, 1.165) is 11.3 Å². The van der Waals surface area contributed by atoms with E-state index in [-0.39, 0.29) is 17.3 Å². The fourth-order valence-corrected chi connectivity index (χ4v) is 6.41. The lowest BCUT2D eigenvalue weighted by Gasteiger charge is -2.40. The van der Waals surface area contributed by atoms with Crippen LogP contribution in [0, 0.1) is 0 Å². The molecule has 3 aromatic rings. The molecule has 180 valence electrons. The van der Waals surface area contributed by atoms with Crippen molar-refractivity contribution in [2.45, 2.75) is 43.8 Å². The summed E-state index contributed by atoms with van der Waals surface area (Å²) in [5, 5.41) is 0.998. The minimum Gasteiger partial charge on any atom is -0.348 e. The number of fused-ring (bicyclic) bond motifs is 1. The third-order valence-corrected chi connectivity index (χ3v) is 8.71. The van der Waals surface area contributed by atoms with Gasteiger partial charge in [0.05, 0.1) is 17.5 Å². The molecule has 0 N–H and O–H groups in total. The predicted octanol–water partition coefficient (Wildman–Crippen LogP) is 5.22. The number of carbonyl (C=O) groups excluding carboxylic acids is 1. The van der Waals surface area contributed by atoms with Crippen LogP contribution in [0.15, 0.2) is 71.8 Å². The summed E-state index contributed by atoms with van der Waals surface area (Å²) >= 11 is 12.5. The van der Waals surface area contributed by atoms with Crippen LogP contribution < -0.4 is 0 Å². The van der Waals surface area contributed by atoms with Crippen LogP contribution in [-0.2, 0) is 21.4 Å². The number of benzene rings is 2. The lowest BCUT2D eigenvalue weighted by Crippen LogP contribution is -2.53. The first kappa shape index (κ1) is 24.8. The second-order valence-corrected chi connectivity index (χ2v) is 12.0. The molecule has 0 saturated heterocycles. The Hall–Kier alpha value is -2.32. The van der Waals surface area contributed by atoms with Crippen molar-refractivity contribution in [1.82, 2.24) is 13.8 Å². The van der Waals surface area contributed by atoms with Crippen molar-refractivity contribution in [3.05, 3.63) is 88.2 Å². The summed E-state index contributed by atoms with van der Waals surface area (Å²) in [4.78, 5) is 15.6. The van der Waals surface area contributed by atoms with Gasteiger partial charge in [0, 0.05) is 40.6 Å². The zero-order chi connectivity index (χ0) is 24.7. The molecule has 2 aromatic carbocycles. The molecule has 1 unspecified atom stereocenters. The summed E-state index contributed by atoms with van der Waals surface area (Å²) in [5.41, 5.74) is 0.917. The van der Waals surface area contributed by atoms with Gasteiger partial charge in [0.25, 0.3) is 0 Å². The summed E-state index contributed by atoms with van der Waals surface area (Å²) < 4.78 is 30.5. The van der Waals surface area contributed by atoms with E-state index in [1.165, 1.54) is 28.6 Å². The summed E-state index contributed by atoms with van der Waals surface area (Å²) in [5.74, 6) is -0.287. The van der Waals surface area contributed by atoms with Gasteiger partial charge in [0.15, 0.2) is 0 Å². The van der Waals surface area contributed by atoms with E-state index in [4.69, 9.17) is 23.2 Å². The molecule has 0 saturated carbocycles. The molecular formula is C25H27Cl2N3O3S. The van der Waals surface area contributed by atoms with Gasteiger partial charge in [-0.15, -0.1) is 0 Å². The number of rotatable bonds is 5. The van der Waals surface area contributed by atoms with Gasteiger partial charge in [-0.05, 0) is 68.8 Å². The first-order valence-electron chi connectivity index (χ1n) is 11.0. The average Bonchev–Trinajstić information content (AvgIpc) is 3.25. The minimum atomic E-state index is -3.95. The lowest BCUT2D eigenvalue weighted by molar-refractivity contribution is -0.134. The van der Waals surface area contributed by atoms with E-state index < -0.39 is 21.6 Å². The van der Waals surface area contributed by atoms with Crippen molar-refractivity contribution >= 4 is 39.1 Å². The van der Waals surface area contributed by atoms with E-state index in [1.54, 1.807) is 31.7 Å². The van der Waals surface area contributed by atoms with Crippen LogP contribution in [0.25, 0.3) is 0 Å². The van der Waals surface area contributed by atoms with Crippen LogP contribution in [0.4, 0.5) is 0 Å². The zero-order valence-corrected chi connectivity index (χ0v) is 21.6. The van der Waals surface area contributed by atoms with Gasteiger partial charge in [-0.3, -0.25) is 4.79 Å². The normalized spacial score (nSPS) is 16.5. The second kappa shape index (κ2) is 9.38. The highest BCUT2D eigenvalue weighted by molar-refractivity contribution is 7.89. The van der Waals surface area contributed by atoms with Crippen LogP contribution in [0.2, 0.25) is 10.0 Å². The average molecular weight is 520 g/mol. The number of aromatic nitrogens is 1. The number of nitrogens with zero attached hydrogens (tertiary/aromatic N) is 3. The number of carbonyl (C=O) groups is 1. The van der Waals surface area contributed by atoms with E-state index in [1.807, 2.05) is 36.5 Å².